The molecule has 0 aromatic carbocycles. The number of fused-ring (bicyclic) bond motifs is 1. The van der Waals surface area contributed by atoms with Gasteiger partial charge in [0.25, 0.3) is 0 Å². The van der Waals surface area contributed by atoms with Crippen LogP contribution in [0.2, 0.25) is 0 Å². The lowest BCUT2D eigenvalue weighted by molar-refractivity contribution is 0.250. The highest BCUT2D eigenvalue weighted by atomic mass is 15.0. The van der Waals surface area contributed by atoms with Crippen LogP contribution in [0.5, 0.6) is 0 Å². The van der Waals surface area contributed by atoms with Gasteiger partial charge in [0.1, 0.15) is 0 Å². The van der Waals surface area contributed by atoms with Crippen LogP contribution in [0, 0.1) is 5.41 Å². The SMILES string of the molecule is CC1(C)CCCC1NC1CCCc2cccnc21. The fraction of sp³-hybridized carbons (Fsp3) is 0.688. The van der Waals surface area contributed by atoms with Crippen molar-refractivity contribution in [3.8, 4) is 0 Å². The molecule has 0 radical (unpaired) electrons. The minimum absolute atomic E-state index is 0.451. The molecule has 0 saturated heterocycles. The van der Waals surface area contributed by atoms with Crippen LogP contribution in [-0.2, 0) is 6.42 Å². The Kier molecular flexibility index (Phi) is 3.14. The lowest BCUT2D eigenvalue weighted by atomic mass is 9.85. The minimum Gasteiger partial charge on any atom is -0.305 e. The van der Waals surface area contributed by atoms with Crippen LogP contribution in [0.15, 0.2) is 18.3 Å². The molecule has 0 aliphatic heterocycles. The third-order valence-electron chi connectivity index (χ3n) is 4.85. The summed E-state index contributed by atoms with van der Waals surface area (Å²) >= 11 is 0. The summed E-state index contributed by atoms with van der Waals surface area (Å²) in [5, 5.41) is 3.90. The van der Waals surface area contributed by atoms with Crippen molar-refractivity contribution in [2.75, 3.05) is 0 Å². The molecule has 1 fully saturated rings. The summed E-state index contributed by atoms with van der Waals surface area (Å²) in [6, 6.07) is 5.46. The summed E-state index contributed by atoms with van der Waals surface area (Å²) < 4.78 is 0. The molecule has 0 bridgehead atoms. The van der Waals surface area contributed by atoms with Crippen LogP contribution in [-0.4, -0.2) is 11.0 Å². The molecule has 2 heteroatoms. The number of hydrogen-bond donors (Lipinski definition) is 1. The van der Waals surface area contributed by atoms with Crippen molar-refractivity contribution in [3.05, 3.63) is 29.6 Å². The molecule has 2 aliphatic rings. The zero-order valence-electron chi connectivity index (χ0n) is 11.6. The second-order valence-electron chi connectivity index (χ2n) is 6.59. The highest BCUT2D eigenvalue weighted by Gasteiger charge is 2.36. The van der Waals surface area contributed by atoms with Crippen LogP contribution in [0.3, 0.4) is 0 Å². The normalized spacial score (nSPS) is 30.1. The minimum atomic E-state index is 0.451. The molecule has 0 amide bonds. The maximum atomic E-state index is 4.63. The van der Waals surface area contributed by atoms with Crippen LogP contribution in [0.1, 0.15) is 63.3 Å². The fourth-order valence-corrected chi connectivity index (χ4v) is 3.65. The molecule has 98 valence electrons. The monoisotopic (exact) mass is 244 g/mol. The Bertz CT molecular complexity index is 425. The third kappa shape index (κ3) is 2.18. The first-order valence-corrected chi connectivity index (χ1v) is 7.37. The topological polar surface area (TPSA) is 24.9 Å². The molecule has 2 atom stereocenters. The Labute approximate surface area is 110 Å². The zero-order valence-corrected chi connectivity index (χ0v) is 11.6. The second-order valence-corrected chi connectivity index (χ2v) is 6.59. The lowest BCUT2D eigenvalue weighted by Crippen LogP contribution is -2.41. The van der Waals surface area contributed by atoms with E-state index in [2.05, 4.69) is 36.3 Å². The molecule has 18 heavy (non-hydrogen) atoms. The van der Waals surface area contributed by atoms with Crippen molar-refractivity contribution in [2.45, 2.75) is 64.5 Å². The van der Waals surface area contributed by atoms with Crippen molar-refractivity contribution in [1.29, 1.82) is 0 Å². The summed E-state index contributed by atoms with van der Waals surface area (Å²) in [5.74, 6) is 0. The summed E-state index contributed by atoms with van der Waals surface area (Å²) in [6.07, 6.45) is 9.73. The van der Waals surface area contributed by atoms with E-state index in [9.17, 15) is 0 Å². The molecule has 2 aliphatic carbocycles. The van der Waals surface area contributed by atoms with E-state index in [4.69, 9.17) is 0 Å². The molecule has 1 N–H and O–H groups in total. The van der Waals surface area contributed by atoms with Crippen LogP contribution in [0.25, 0.3) is 0 Å². The lowest BCUT2D eigenvalue weighted by Gasteiger charge is -2.34. The first-order chi connectivity index (χ1) is 8.67. The molecule has 1 heterocycles. The zero-order chi connectivity index (χ0) is 12.6. The van der Waals surface area contributed by atoms with E-state index in [1.54, 1.807) is 0 Å². The maximum absolute atomic E-state index is 4.63. The van der Waals surface area contributed by atoms with Gasteiger partial charge in [-0.05, 0) is 49.1 Å². The van der Waals surface area contributed by atoms with Crippen molar-refractivity contribution in [3.63, 3.8) is 0 Å². The number of nitrogens with one attached hydrogen (secondary N) is 1. The third-order valence-corrected chi connectivity index (χ3v) is 4.85. The number of aromatic nitrogens is 1. The number of pyridine rings is 1. The van der Waals surface area contributed by atoms with Gasteiger partial charge in [-0.25, -0.2) is 0 Å². The summed E-state index contributed by atoms with van der Waals surface area (Å²) in [7, 11) is 0. The van der Waals surface area contributed by atoms with Gasteiger partial charge in [-0.2, -0.15) is 0 Å². The first kappa shape index (κ1) is 12.2. The second kappa shape index (κ2) is 4.65. The van der Waals surface area contributed by atoms with E-state index in [1.165, 1.54) is 49.8 Å². The van der Waals surface area contributed by atoms with Gasteiger partial charge in [-0.1, -0.05) is 26.3 Å². The molecule has 1 aromatic heterocycles. The van der Waals surface area contributed by atoms with Gasteiger partial charge in [0.15, 0.2) is 0 Å². The largest absolute Gasteiger partial charge is 0.305 e. The Hall–Kier alpha value is -0.890. The molecular weight excluding hydrogens is 220 g/mol. The number of nitrogens with zero attached hydrogens (tertiary/aromatic N) is 1. The molecule has 2 unspecified atom stereocenters. The Balaban J connectivity index is 1.78. The average molecular weight is 244 g/mol. The average Bonchev–Trinajstić information content (AvgIpc) is 2.69. The summed E-state index contributed by atoms with van der Waals surface area (Å²) in [6.45, 7) is 4.81. The van der Waals surface area contributed by atoms with Crippen molar-refractivity contribution >= 4 is 0 Å². The van der Waals surface area contributed by atoms with Crippen molar-refractivity contribution < 1.29 is 0 Å². The highest BCUT2D eigenvalue weighted by molar-refractivity contribution is 5.25. The molecule has 3 rings (SSSR count). The predicted octanol–water partition coefficient (Wildman–Crippen LogP) is 3.63. The number of rotatable bonds is 2. The van der Waals surface area contributed by atoms with Crippen molar-refractivity contribution in [2.24, 2.45) is 5.41 Å². The molecule has 0 spiro atoms. The Morgan fingerprint density at radius 1 is 1.28 bits per heavy atom. The van der Waals surface area contributed by atoms with Crippen LogP contribution in [0.4, 0.5) is 0 Å². The van der Waals surface area contributed by atoms with E-state index in [0.717, 1.165) is 0 Å². The molecular formula is C16H24N2. The quantitative estimate of drug-likeness (QED) is 0.859. The van der Waals surface area contributed by atoms with Gasteiger partial charge in [0.2, 0.25) is 0 Å². The van der Waals surface area contributed by atoms with E-state index in [-0.39, 0.29) is 0 Å². The van der Waals surface area contributed by atoms with E-state index in [0.29, 0.717) is 17.5 Å². The molecule has 1 aromatic rings. The van der Waals surface area contributed by atoms with Gasteiger partial charge >= 0.3 is 0 Å². The molecule has 2 nitrogen and oxygen atoms in total. The highest BCUT2D eigenvalue weighted by Crippen LogP contribution is 2.39. The standard InChI is InChI=1S/C16H24N2/c1-16(2)10-4-9-14(16)18-13-8-3-6-12-7-5-11-17-15(12)13/h5,7,11,13-14,18H,3-4,6,8-10H2,1-2H3. The molecule has 1 saturated carbocycles. The van der Waals surface area contributed by atoms with Crippen LogP contribution >= 0.6 is 0 Å². The summed E-state index contributed by atoms with van der Waals surface area (Å²) in [5.41, 5.74) is 3.22. The Morgan fingerprint density at radius 2 is 2.17 bits per heavy atom. The van der Waals surface area contributed by atoms with Gasteiger partial charge in [0.05, 0.1) is 5.69 Å². The number of hydrogen-bond acceptors (Lipinski definition) is 2. The smallest absolute Gasteiger partial charge is 0.0605 e. The number of aryl methyl sites for hydroxylation is 1. The van der Waals surface area contributed by atoms with E-state index < -0.39 is 0 Å². The maximum Gasteiger partial charge on any atom is 0.0605 e. The predicted molar refractivity (Wildman–Crippen MR) is 74.5 cm³/mol. The Morgan fingerprint density at radius 3 is 2.94 bits per heavy atom. The first-order valence-electron chi connectivity index (χ1n) is 7.37. The van der Waals surface area contributed by atoms with Gasteiger partial charge in [-0.15, -0.1) is 0 Å². The van der Waals surface area contributed by atoms with Crippen molar-refractivity contribution in [1.82, 2.24) is 10.3 Å². The van der Waals surface area contributed by atoms with Gasteiger partial charge in [-0.3, -0.25) is 4.98 Å². The van der Waals surface area contributed by atoms with Gasteiger partial charge < -0.3 is 5.32 Å². The van der Waals surface area contributed by atoms with Gasteiger partial charge in [0, 0.05) is 18.3 Å². The fourth-order valence-electron chi connectivity index (χ4n) is 3.65. The van der Waals surface area contributed by atoms with E-state index >= 15 is 0 Å². The summed E-state index contributed by atoms with van der Waals surface area (Å²) in [4.78, 5) is 4.63. The van der Waals surface area contributed by atoms with E-state index in [1.807, 2.05) is 6.20 Å². The van der Waals surface area contributed by atoms with Crippen LogP contribution < -0.4 is 5.32 Å².